The minimum absolute atomic E-state index is 0.0138. The van der Waals surface area contributed by atoms with Crippen LogP contribution in [0.15, 0.2) is 0 Å². The van der Waals surface area contributed by atoms with Crippen molar-refractivity contribution in [1.29, 1.82) is 0 Å². The van der Waals surface area contributed by atoms with Gasteiger partial charge in [0.15, 0.2) is 0 Å². The first-order valence-corrected chi connectivity index (χ1v) is 9.28. The van der Waals surface area contributed by atoms with E-state index in [1.54, 1.807) is 11.9 Å². The average Bonchev–Trinajstić information content (AvgIpc) is 2.94. The normalized spacial score (nSPS) is 34.6. The highest BCUT2D eigenvalue weighted by Crippen LogP contribution is 2.31. The monoisotopic (exact) mass is 335 g/mol. The third-order valence-corrected chi connectivity index (χ3v) is 5.93. The van der Waals surface area contributed by atoms with Crippen LogP contribution >= 0.6 is 0 Å². The van der Waals surface area contributed by atoms with E-state index >= 15 is 0 Å². The fourth-order valence-electron chi connectivity index (χ4n) is 4.26. The van der Waals surface area contributed by atoms with Gasteiger partial charge in [-0.1, -0.05) is 6.92 Å². The van der Waals surface area contributed by atoms with Gasteiger partial charge in [-0.2, -0.15) is 0 Å². The Balaban J connectivity index is 1.51. The van der Waals surface area contributed by atoms with E-state index < -0.39 is 0 Å². The SMILES string of the molecule is CC1CCC(N2CC(C(=O)NC3CCC(=O)N(C)C3)CC2=O)CC1. The molecule has 134 valence electrons. The van der Waals surface area contributed by atoms with Crippen molar-refractivity contribution >= 4 is 17.7 Å². The Morgan fingerprint density at radius 2 is 1.75 bits per heavy atom. The molecule has 0 aromatic heterocycles. The maximum absolute atomic E-state index is 12.5. The van der Waals surface area contributed by atoms with Gasteiger partial charge >= 0.3 is 0 Å². The van der Waals surface area contributed by atoms with Crippen LogP contribution in [-0.2, 0) is 14.4 Å². The first-order valence-electron chi connectivity index (χ1n) is 9.28. The van der Waals surface area contributed by atoms with Gasteiger partial charge in [-0.15, -0.1) is 0 Å². The van der Waals surface area contributed by atoms with Crippen LogP contribution in [0.4, 0.5) is 0 Å². The molecule has 1 aliphatic carbocycles. The predicted octanol–water partition coefficient (Wildman–Crippen LogP) is 1.15. The Morgan fingerprint density at radius 1 is 1.04 bits per heavy atom. The highest BCUT2D eigenvalue weighted by Gasteiger charge is 2.39. The summed E-state index contributed by atoms with van der Waals surface area (Å²) in [5.74, 6) is 0.756. The number of carbonyl (C=O) groups excluding carboxylic acids is 3. The summed E-state index contributed by atoms with van der Waals surface area (Å²) >= 11 is 0. The molecule has 1 saturated carbocycles. The summed E-state index contributed by atoms with van der Waals surface area (Å²) in [7, 11) is 1.77. The summed E-state index contributed by atoms with van der Waals surface area (Å²) in [5, 5.41) is 3.05. The number of piperidine rings is 1. The number of nitrogens with zero attached hydrogens (tertiary/aromatic N) is 2. The molecule has 0 aromatic rings. The summed E-state index contributed by atoms with van der Waals surface area (Å²) in [6, 6.07) is 0.338. The zero-order valence-electron chi connectivity index (χ0n) is 14.8. The topological polar surface area (TPSA) is 69.7 Å². The van der Waals surface area contributed by atoms with Gasteiger partial charge in [-0.05, 0) is 38.0 Å². The molecule has 1 N–H and O–H groups in total. The van der Waals surface area contributed by atoms with Crippen molar-refractivity contribution in [2.24, 2.45) is 11.8 Å². The number of hydrogen-bond donors (Lipinski definition) is 1. The summed E-state index contributed by atoms with van der Waals surface area (Å²) in [6.07, 6.45) is 5.99. The van der Waals surface area contributed by atoms with Crippen molar-refractivity contribution in [2.45, 2.75) is 64.0 Å². The molecule has 6 nitrogen and oxygen atoms in total. The van der Waals surface area contributed by atoms with Gasteiger partial charge in [0.05, 0.1) is 5.92 Å². The molecule has 2 heterocycles. The quantitative estimate of drug-likeness (QED) is 0.841. The van der Waals surface area contributed by atoms with E-state index in [1.165, 1.54) is 12.8 Å². The van der Waals surface area contributed by atoms with Crippen molar-refractivity contribution < 1.29 is 14.4 Å². The van der Waals surface area contributed by atoms with E-state index in [0.717, 1.165) is 18.8 Å². The predicted molar refractivity (Wildman–Crippen MR) is 90.0 cm³/mol. The molecule has 0 spiro atoms. The van der Waals surface area contributed by atoms with Crippen LogP contribution in [0.1, 0.15) is 51.9 Å². The molecule has 2 atom stereocenters. The number of rotatable bonds is 3. The molecule has 0 bridgehead atoms. The first-order chi connectivity index (χ1) is 11.4. The summed E-state index contributed by atoms with van der Waals surface area (Å²) < 4.78 is 0. The van der Waals surface area contributed by atoms with Gasteiger partial charge in [0.2, 0.25) is 17.7 Å². The largest absolute Gasteiger partial charge is 0.351 e. The van der Waals surface area contributed by atoms with Gasteiger partial charge in [-0.25, -0.2) is 0 Å². The highest BCUT2D eigenvalue weighted by molar-refractivity contribution is 5.89. The maximum atomic E-state index is 12.5. The fourth-order valence-corrected chi connectivity index (χ4v) is 4.26. The number of likely N-dealkylation sites (tertiary alicyclic amines) is 2. The van der Waals surface area contributed by atoms with Crippen molar-refractivity contribution in [1.82, 2.24) is 15.1 Å². The van der Waals surface area contributed by atoms with Crippen LogP contribution in [0.2, 0.25) is 0 Å². The number of hydrogen-bond acceptors (Lipinski definition) is 3. The van der Waals surface area contributed by atoms with E-state index in [4.69, 9.17) is 0 Å². The lowest BCUT2D eigenvalue weighted by Crippen LogP contribution is -2.50. The Bertz CT molecular complexity index is 514. The smallest absolute Gasteiger partial charge is 0.225 e. The second-order valence-corrected chi connectivity index (χ2v) is 7.88. The van der Waals surface area contributed by atoms with Crippen molar-refractivity contribution in [3.63, 3.8) is 0 Å². The van der Waals surface area contributed by atoms with Gasteiger partial charge in [0.1, 0.15) is 0 Å². The van der Waals surface area contributed by atoms with Crippen LogP contribution in [0.5, 0.6) is 0 Å². The molecule has 2 unspecified atom stereocenters. The standard InChI is InChI=1S/C18H29N3O3/c1-12-3-6-15(7-4-12)21-10-13(9-17(21)23)18(24)19-14-5-8-16(22)20(2)11-14/h12-15H,3-11H2,1-2H3,(H,19,24). The molecular formula is C18H29N3O3. The molecular weight excluding hydrogens is 306 g/mol. The lowest BCUT2D eigenvalue weighted by molar-refractivity contribution is -0.134. The van der Waals surface area contributed by atoms with Gasteiger partial charge in [0, 0.05) is 45.1 Å². The molecule has 0 radical (unpaired) electrons. The number of nitrogens with one attached hydrogen (secondary N) is 1. The van der Waals surface area contributed by atoms with E-state index in [-0.39, 0.29) is 29.7 Å². The number of likely N-dealkylation sites (N-methyl/N-ethyl adjacent to an activating group) is 1. The minimum atomic E-state index is -0.236. The second-order valence-electron chi connectivity index (χ2n) is 7.88. The number of carbonyl (C=O) groups is 3. The van der Waals surface area contributed by atoms with E-state index in [0.29, 0.717) is 38.4 Å². The van der Waals surface area contributed by atoms with Crippen LogP contribution in [0.25, 0.3) is 0 Å². The van der Waals surface area contributed by atoms with Gasteiger partial charge in [0.25, 0.3) is 0 Å². The van der Waals surface area contributed by atoms with Gasteiger partial charge < -0.3 is 15.1 Å². The third kappa shape index (κ3) is 3.73. The number of amides is 3. The molecule has 2 saturated heterocycles. The van der Waals surface area contributed by atoms with Crippen LogP contribution in [-0.4, -0.2) is 59.7 Å². The summed E-state index contributed by atoms with van der Waals surface area (Å²) in [4.78, 5) is 40.0. The van der Waals surface area contributed by atoms with Crippen molar-refractivity contribution in [2.75, 3.05) is 20.1 Å². The molecule has 2 aliphatic heterocycles. The Hall–Kier alpha value is -1.59. The lowest BCUT2D eigenvalue weighted by atomic mass is 9.86. The Morgan fingerprint density at radius 3 is 2.42 bits per heavy atom. The Labute approximate surface area is 143 Å². The van der Waals surface area contributed by atoms with E-state index in [9.17, 15) is 14.4 Å². The Kier molecular flexibility index (Phi) is 5.11. The molecule has 0 aromatic carbocycles. The lowest BCUT2D eigenvalue weighted by Gasteiger charge is -2.34. The van der Waals surface area contributed by atoms with Gasteiger partial charge in [-0.3, -0.25) is 14.4 Å². The zero-order chi connectivity index (χ0) is 17.3. The minimum Gasteiger partial charge on any atom is -0.351 e. The van der Waals surface area contributed by atoms with Crippen LogP contribution in [0, 0.1) is 11.8 Å². The molecule has 3 rings (SSSR count). The average molecular weight is 335 g/mol. The first kappa shape index (κ1) is 17.2. The second kappa shape index (κ2) is 7.11. The molecule has 3 fully saturated rings. The third-order valence-electron chi connectivity index (χ3n) is 5.93. The molecule has 24 heavy (non-hydrogen) atoms. The zero-order valence-corrected chi connectivity index (χ0v) is 14.8. The van der Waals surface area contributed by atoms with Crippen molar-refractivity contribution in [3.8, 4) is 0 Å². The van der Waals surface area contributed by atoms with E-state index in [1.807, 2.05) is 4.90 Å². The van der Waals surface area contributed by atoms with Crippen LogP contribution < -0.4 is 5.32 Å². The molecule has 3 amide bonds. The van der Waals surface area contributed by atoms with E-state index in [2.05, 4.69) is 12.2 Å². The van der Waals surface area contributed by atoms with Crippen molar-refractivity contribution in [3.05, 3.63) is 0 Å². The fraction of sp³-hybridized carbons (Fsp3) is 0.833. The maximum Gasteiger partial charge on any atom is 0.225 e. The summed E-state index contributed by atoms with van der Waals surface area (Å²) in [6.45, 7) is 3.39. The molecule has 3 aliphatic rings. The summed E-state index contributed by atoms with van der Waals surface area (Å²) in [5.41, 5.74) is 0. The molecule has 6 heteroatoms. The highest BCUT2D eigenvalue weighted by atomic mass is 16.2. The van der Waals surface area contributed by atoms with Crippen LogP contribution in [0.3, 0.4) is 0 Å².